The number of unbranched alkanes of at least 4 members (excludes halogenated alkanes) is 1. The van der Waals surface area contributed by atoms with Gasteiger partial charge in [0.25, 0.3) is 0 Å². The molecule has 4 N–H and O–H groups in total. The molecular weight excluding hydrogens is 224 g/mol. The van der Waals surface area contributed by atoms with Crippen molar-refractivity contribution in [2.45, 2.75) is 38.6 Å². The van der Waals surface area contributed by atoms with E-state index in [0.29, 0.717) is 19.6 Å². The summed E-state index contributed by atoms with van der Waals surface area (Å²) in [5, 5.41) is 0. The first-order chi connectivity index (χ1) is 8.11. The Morgan fingerprint density at radius 1 is 1.24 bits per heavy atom. The van der Waals surface area contributed by atoms with Crippen LogP contribution in [-0.4, -0.2) is 37.7 Å². The van der Waals surface area contributed by atoms with Crippen molar-refractivity contribution in [3.63, 3.8) is 0 Å². The van der Waals surface area contributed by atoms with E-state index in [1.54, 1.807) is 6.92 Å². The molecule has 1 atom stereocenters. The van der Waals surface area contributed by atoms with Crippen molar-refractivity contribution >= 4 is 11.9 Å². The molecule has 0 fully saturated rings. The molecule has 0 rings (SSSR count). The number of rotatable bonds is 9. The second-order valence-electron chi connectivity index (χ2n) is 3.61. The number of hydrogen-bond acceptors (Lipinski definition) is 6. The lowest BCUT2D eigenvalue weighted by Gasteiger charge is -2.10. The van der Waals surface area contributed by atoms with Crippen molar-refractivity contribution in [1.29, 1.82) is 0 Å². The smallest absolute Gasteiger partial charge is 0.322 e. The van der Waals surface area contributed by atoms with E-state index in [9.17, 15) is 9.59 Å². The number of carbonyl (C=O) groups excluding carboxylic acids is 2. The molecule has 0 amide bonds. The van der Waals surface area contributed by atoms with Gasteiger partial charge >= 0.3 is 11.9 Å². The molecule has 0 aliphatic heterocycles. The Labute approximate surface area is 102 Å². The molecule has 0 aromatic carbocycles. The molecule has 0 aliphatic rings. The Balaban J connectivity index is 3.60. The third kappa shape index (κ3) is 8.65. The first-order valence-electron chi connectivity index (χ1n) is 5.89. The van der Waals surface area contributed by atoms with Gasteiger partial charge in [-0.25, -0.2) is 0 Å². The standard InChI is InChI=1S/C11H22N2O4/c1-2-16-10(14)6-8-17-11(15)9(13)5-3-4-7-12/h9H,2-8,12-13H2,1H3/t9-/m0/s1. The van der Waals surface area contributed by atoms with Crippen molar-refractivity contribution in [3.8, 4) is 0 Å². The van der Waals surface area contributed by atoms with Gasteiger partial charge in [-0.2, -0.15) is 0 Å². The Bertz CT molecular complexity index is 234. The van der Waals surface area contributed by atoms with Gasteiger partial charge in [0.05, 0.1) is 13.0 Å². The molecule has 17 heavy (non-hydrogen) atoms. The highest BCUT2D eigenvalue weighted by molar-refractivity contribution is 5.76. The van der Waals surface area contributed by atoms with Crippen LogP contribution in [0.1, 0.15) is 32.6 Å². The van der Waals surface area contributed by atoms with Gasteiger partial charge in [0.15, 0.2) is 0 Å². The van der Waals surface area contributed by atoms with Gasteiger partial charge in [0.1, 0.15) is 12.6 Å². The van der Waals surface area contributed by atoms with E-state index in [1.165, 1.54) is 0 Å². The zero-order chi connectivity index (χ0) is 13.1. The molecule has 0 saturated carbocycles. The SMILES string of the molecule is CCOC(=O)CCOC(=O)[C@@H](N)CCCCN. The fraction of sp³-hybridized carbons (Fsp3) is 0.818. The van der Waals surface area contributed by atoms with Crippen molar-refractivity contribution < 1.29 is 19.1 Å². The molecule has 6 nitrogen and oxygen atoms in total. The number of nitrogens with two attached hydrogens (primary N) is 2. The fourth-order valence-corrected chi connectivity index (χ4v) is 1.20. The molecule has 0 aliphatic carbocycles. The van der Waals surface area contributed by atoms with Crippen LogP contribution < -0.4 is 11.5 Å². The van der Waals surface area contributed by atoms with E-state index in [0.717, 1.165) is 12.8 Å². The lowest BCUT2D eigenvalue weighted by molar-refractivity contribution is -0.150. The average Bonchev–Trinajstić information content (AvgIpc) is 2.29. The highest BCUT2D eigenvalue weighted by atomic mass is 16.5. The molecule has 0 heterocycles. The van der Waals surface area contributed by atoms with Crippen LogP contribution in [0.15, 0.2) is 0 Å². The summed E-state index contributed by atoms with van der Waals surface area (Å²) < 4.78 is 9.54. The molecule has 100 valence electrons. The molecule has 0 unspecified atom stereocenters. The summed E-state index contributed by atoms with van der Waals surface area (Å²) >= 11 is 0. The molecule has 0 radical (unpaired) electrons. The number of esters is 2. The topological polar surface area (TPSA) is 105 Å². The summed E-state index contributed by atoms with van der Waals surface area (Å²) in [6, 6.07) is -0.635. The molecular formula is C11H22N2O4. The van der Waals surface area contributed by atoms with Crippen molar-refractivity contribution in [2.24, 2.45) is 11.5 Å². The predicted octanol–water partition coefficient (Wildman–Crippen LogP) is -0.0609. The van der Waals surface area contributed by atoms with Gasteiger partial charge in [-0.1, -0.05) is 6.42 Å². The molecule has 0 aromatic heterocycles. The molecule has 0 spiro atoms. The minimum atomic E-state index is -0.635. The summed E-state index contributed by atoms with van der Waals surface area (Å²) in [5.74, 6) is -0.858. The summed E-state index contributed by atoms with van der Waals surface area (Å²) in [6.45, 7) is 2.65. The molecule has 0 bridgehead atoms. The average molecular weight is 246 g/mol. The Morgan fingerprint density at radius 3 is 2.53 bits per heavy atom. The Kier molecular flexibility index (Phi) is 9.37. The van der Waals surface area contributed by atoms with Crippen LogP contribution in [0.25, 0.3) is 0 Å². The summed E-state index contributed by atoms with van der Waals surface area (Å²) in [7, 11) is 0. The zero-order valence-corrected chi connectivity index (χ0v) is 10.3. The lowest BCUT2D eigenvalue weighted by Crippen LogP contribution is -2.32. The van der Waals surface area contributed by atoms with Gasteiger partial charge in [-0.15, -0.1) is 0 Å². The molecule has 0 saturated heterocycles. The predicted molar refractivity (Wildman–Crippen MR) is 63.1 cm³/mol. The third-order valence-electron chi connectivity index (χ3n) is 2.13. The molecule has 0 aromatic rings. The minimum absolute atomic E-state index is 0.0161. The van der Waals surface area contributed by atoms with Gasteiger partial charge in [-0.3, -0.25) is 9.59 Å². The van der Waals surface area contributed by atoms with Gasteiger partial charge < -0.3 is 20.9 Å². The highest BCUT2D eigenvalue weighted by Gasteiger charge is 2.14. The van der Waals surface area contributed by atoms with E-state index in [1.807, 2.05) is 0 Å². The van der Waals surface area contributed by atoms with Crippen molar-refractivity contribution in [2.75, 3.05) is 19.8 Å². The summed E-state index contributed by atoms with van der Waals surface area (Å²) in [4.78, 5) is 22.3. The fourth-order valence-electron chi connectivity index (χ4n) is 1.20. The largest absolute Gasteiger partial charge is 0.466 e. The third-order valence-corrected chi connectivity index (χ3v) is 2.13. The Morgan fingerprint density at radius 2 is 1.94 bits per heavy atom. The minimum Gasteiger partial charge on any atom is -0.466 e. The van der Waals surface area contributed by atoms with Crippen LogP contribution in [0.4, 0.5) is 0 Å². The first-order valence-corrected chi connectivity index (χ1v) is 5.89. The van der Waals surface area contributed by atoms with Crippen LogP contribution in [0, 0.1) is 0 Å². The number of hydrogen-bond donors (Lipinski definition) is 2. The molecule has 6 heteroatoms. The number of carbonyl (C=O) groups is 2. The normalized spacial score (nSPS) is 11.9. The Hall–Kier alpha value is -1.14. The monoisotopic (exact) mass is 246 g/mol. The van der Waals surface area contributed by atoms with Crippen LogP contribution in [0.2, 0.25) is 0 Å². The quantitative estimate of drug-likeness (QED) is 0.436. The second kappa shape index (κ2) is 10.0. The van der Waals surface area contributed by atoms with Crippen LogP contribution in [0.3, 0.4) is 0 Å². The van der Waals surface area contributed by atoms with Gasteiger partial charge in [0, 0.05) is 0 Å². The van der Waals surface area contributed by atoms with E-state index in [4.69, 9.17) is 16.2 Å². The first kappa shape index (κ1) is 15.9. The van der Waals surface area contributed by atoms with E-state index >= 15 is 0 Å². The van der Waals surface area contributed by atoms with Crippen molar-refractivity contribution in [1.82, 2.24) is 0 Å². The summed E-state index contributed by atoms with van der Waals surface area (Å²) in [6.07, 6.45) is 2.25. The second-order valence-corrected chi connectivity index (χ2v) is 3.61. The van der Waals surface area contributed by atoms with Crippen LogP contribution in [0.5, 0.6) is 0 Å². The summed E-state index contributed by atoms with van der Waals surface area (Å²) in [5.41, 5.74) is 10.9. The van der Waals surface area contributed by atoms with E-state index in [2.05, 4.69) is 4.74 Å². The van der Waals surface area contributed by atoms with Crippen molar-refractivity contribution in [3.05, 3.63) is 0 Å². The maximum Gasteiger partial charge on any atom is 0.322 e. The zero-order valence-electron chi connectivity index (χ0n) is 10.3. The van der Waals surface area contributed by atoms with Crippen LogP contribution >= 0.6 is 0 Å². The highest BCUT2D eigenvalue weighted by Crippen LogP contribution is 2.00. The maximum atomic E-state index is 11.3. The van der Waals surface area contributed by atoms with E-state index in [-0.39, 0.29) is 19.0 Å². The number of ether oxygens (including phenoxy) is 2. The van der Waals surface area contributed by atoms with Gasteiger partial charge in [0.2, 0.25) is 0 Å². The van der Waals surface area contributed by atoms with E-state index < -0.39 is 12.0 Å². The van der Waals surface area contributed by atoms with Gasteiger partial charge in [-0.05, 0) is 26.3 Å². The maximum absolute atomic E-state index is 11.3. The lowest BCUT2D eigenvalue weighted by atomic mass is 10.1. The van der Waals surface area contributed by atoms with Crippen LogP contribution in [-0.2, 0) is 19.1 Å².